The first kappa shape index (κ1) is 22.1. The number of hydrogen-bond acceptors (Lipinski definition) is 6. The number of likely N-dealkylation sites (tertiary alicyclic amines) is 1. The Morgan fingerprint density at radius 2 is 2.04 bits per heavy atom. The van der Waals surface area contributed by atoms with Crippen LogP contribution >= 0.6 is 24.8 Å². The van der Waals surface area contributed by atoms with Gasteiger partial charge in [-0.2, -0.15) is 10.2 Å². The van der Waals surface area contributed by atoms with Crippen LogP contribution in [0.15, 0.2) is 30.7 Å². The summed E-state index contributed by atoms with van der Waals surface area (Å²) in [6.07, 6.45) is 7.06. The Labute approximate surface area is 165 Å². The minimum Gasteiger partial charge on any atom is -0.366 e. The zero-order valence-corrected chi connectivity index (χ0v) is 16.5. The van der Waals surface area contributed by atoms with Crippen LogP contribution in [0.1, 0.15) is 24.4 Å². The fourth-order valence-electron chi connectivity index (χ4n) is 3.04. The van der Waals surface area contributed by atoms with Crippen LogP contribution in [0.5, 0.6) is 0 Å². The first-order chi connectivity index (χ1) is 11.7. The molecule has 1 aliphatic rings. The molecule has 2 aromatic rings. The van der Waals surface area contributed by atoms with Crippen molar-refractivity contribution >= 4 is 36.5 Å². The Hall–Kier alpha value is -1.90. The molecule has 0 aliphatic carbocycles. The molecule has 26 heavy (non-hydrogen) atoms. The molecule has 1 atom stereocenters. The van der Waals surface area contributed by atoms with Crippen LogP contribution in [-0.4, -0.2) is 57.0 Å². The van der Waals surface area contributed by atoms with E-state index in [1.54, 1.807) is 24.1 Å². The van der Waals surface area contributed by atoms with E-state index in [-0.39, 0.29) is 36.8 Å². The lowest BCUT2D eigenvalue weighted by Gasteiger charge is -2.34. The topological polar surface area (TPSA) is 88.0 Å². The fraction of sp³-hybridized carbons (Fsp3) is 0.500. The molecule has 1 amide bonds. The van der Waals surface area contributed by atoms with Crippen molar-refractivity contribution in [2.75, 3.05) is 25.5 Å². The molecule has 2 aromatic heterocycles. The molecule has 8 nitrogen and oxygen atoms in total. The summed E-state index contributed by atoms with van der Waals surface area (Å²) < 4.78 is 1.71. The first-order valence-electron chi connectivity index (χ1n) is 8.16. The van der Waals surface area contributed by atoms with Gasteiger partial charge >= 0.3 is 0 Å². The van der Waals surface area contributed by atoms with E-state index in [1.165, 1.54) is 0 Å². The number of carbonyl (C=O) groups excluding carboxylic acids is 1. The number of nitrogens with one attached hydrogen (secondary N) is 2. The van der Waals surface area contributed by atoms with Crippen LogP contribution in [0.2, 0.25) is 0 Å². The minimum absolute atomic E-state index is 0. The number of aryl methyl sites for hydroxylation is 1. The second-order valence-corrected chi connectivity index (χ2v) is 6.02. The van der Waals surface area contributed by atoms with Gasteiger partial charge in [0.1, 0.15) is 11.9 Å². The number of amides is 1. The van der Waals surface area contributed by atoms with Crippen molar-refractivity contribution in [1.29, 1.82) is 0 Å². The minimum atomic E-state index is -0.344. The van der Waals surface area contributed by atoms with Gasteiger partial charge in [0.15, 0.2) is 0 Å². The summed E-state index contributed by atoms with van der Waals surface area (Å²) in [6.45, 7) is 1.46. The van der Waals surface area contributed by atoms with Gasteiger partial charge in [0.05, 0.1) is 6.20 Å². The molecule has 0 saturated carbocycles. The average molecular weight is 402 g/mol. The maximum atomic E-state index is 12.8. The summed E-state index contributed by atoms with van der Waals surface area (Å²) in [7, 11) is 3.66. The first-order valence-corrected chi connectivity index (χ1v) is 8.16. The Bertz CT molecular complexity index is 674. The van der Waals surface area contributed by atoms with Gasteiger partial charge in [0.2, 0.25) is 5.91 Å². The molecule has 0 spiro atoms. The highest BCUT2D eigenvalue weighted by Gasteiger charge is 2.29. The van der Waals surface area contributed by atoms with Crippen LogP contribution in [-0.2, 0) is 11.8 Å². The van der Waals surface area contributed by atoms with Gasteiger partial charge in [-0.15, -0.1) is 29.9 Å². The van der Waals surface area contributed by atoms with Crippen molar-refractivity contribution in [2.45, 2.75) is 24.9 Å². The SMILES string of the molecule is CNC(C(=O)N1CCC(Nc2cccnn2)CC1)c1cnn(C)c1.Cl.Cl. The van der Waals surface area contributed by atoms with Crippen LogP contribution in [0.25, 0.3) is 0 Å². The third-order valence-corrected chi connectivity index (χ3v) is 4.32. The number of anilines is 1. The molecule has 10 heteroatoms. The van der Waals surface area contributed by atoms with Gasteiger partial charge in [-0.25, -0.2) is 0 Å². The maximum absolute atomic E-state index is 12.8. The number of hydrogen-bond donors (Lipinski definition) is 2. The van der Waals surface area contributed by atoms with Crippen LogP contribution in [0, 0.1) is 0 Å². The molecule has 3 heterocycles. The van der Waals surface area contributed by atoms with Crippen LogP contribution in [0.4, 0.5) is 5.82 Å². The van der Waals surface area contributed by atoms with E-state index >= 15 is 0 Å². The summed E-state index contributed by atoms with van der Waals surface area (Å²) in [4.78, 5) is 14.7. The molecule has 0 bridgehead atoms. The van der Waals surface area contributed by atoms with E-state index < -0.39 is 0 Å². The van der Waals surface area contributed by atoms with Crippen LogP contribution in [0.3, 0.4) is 0 Å². The van der Waals surface area contributed by atoms with Crippen molar-refractivity contribution in [2.24, 2.45) is 7.05 Å². The van der Waals surface area contributed by atoms with Gasteiger partial charge in [-0.1, -0.05) is 0 Å². The Kier molecular flexibility index (Phi) is 8.77. The number of piperidine rings is 1. The smallest absolute Gasteiger partial charge is 0.244 e. The Morgan fingerprint density at radius 3 is 2.58 bits per heavy atom. The molecule has 144 valence electrons. The van der Waals surface area contributed by atoms with Crippen molar-refractivity contribution in [3.05, 3.63) is 36.3 Å². The molecule has 1 fully saturated rings. The van der Waals surface area contributed by atoms with E-state index in [1.807, 2.05) is 30.3 Å². The quantitative estimate of drug-likeness (QED) is 0.787. The fourth-order valence-corrected chi connectivity index (χ4v) is 3.04. The summed E-state index contributed by atoms with van der Waals surface area (Å²) in [6, 6.07) is 3.74. The highest BCUT2D eigenvalue weighted by atomic mass is 35.5. The summed E-state index contributed by atoms with van der Waals surface area (Å²) in [5, 5.41) is 18.6. The molecule has 1 aliphatic heterocycles. The maximum Gasteiger partial charge on any atom is 0.244 e. The largest absolute Gasteiger partial charge is 0.366 e. The number of carbonyl (C=O) groups is 1. The molecule has 1 unspecified atom stereocenters. The van der Waals surface area contributed by atoms with Gasteiger partial charge in [-0.05, 0) is 32.0 Å². The summed E-state index contributed by atoms with van der Waals surface area (Å²) >= 11 is 0. The van der Waals surface area contributed by atoms with Gasteiger partial charge < -0.3 is 15.5 Å². The lowest BCUT2D eigenvalue weighted by Crippen LogP contribution is -2.46. The molecule has 0 radical (unpaired) electrons. The number of rotatable bonds is 5. The molecule has 3 rings (SSSR count). The predicted molar refractivity (Wildman–Crippen MR) is 105 cm³/mol. The van der Waals surface area contributed by atoms with Gasteiger partial charge in [0, 0.05) is 44.1 Å². The summed E-state index contributed by atoms with van der Waals surface area (Å²) in [5.41, 5.74) is 0.893. The standard InChI is InChI=1S/C16H23N7O.2ClH/c1-17-15(12-10-19-22(2)11-12)16(24)23-8-5-13(6-9-23)20-14-4-3-7-18-21-14;;/h3-4,7,10-11,13,15,17H,5-6,8-9H2,1-2H3,(H,20,21);2*1H. The Morgan fingerprint density at radius 1 is 1.31 bits per heavy atom. The van der Waals surface area contributed by atoms with E-state index in [0.29, 0.717) is 6.04 Å². The van der Waals surface area contributed by atoms with E-state index in [9.17, 15) is 4.79 Å². The highest BCUT2D eigenvalue weighted by Crippen LogP contribution is 2.20. The zero-order valence-electron chi connectivity index (χ0n) is 14.8. The molecular formula is C16H25Cl2N7O. The molecule has 1 saturated heterocycles. The van der Waals surface area contributed by atoms with Gasteiger partial charge in [-0.3, -0.25) is 9.48 Å². The monoisotopic (exact) mass is 401 g/mol. The molecule has 0 aromatic carbocycles. The third kappa shape index (κ3) is 5.30. The van der Waals surface area contributed by atoms with E-state index in [2.05, 4.69) is 25.9 Å². The van der Waals surface area contributed by atoms with E-state index in [4.69, 9.17) is 0 Å². The second kappa shape index (κ2) is 10.3. The summed E-state index contributed by atoms with van der Waals surface area (Å²) in [5.74, 6) is 0.884. The lowest BCUT2D eigenvalue weighted by molar-refractivity contribution is -0.134. The molecule has 2 N–H and O–H groups in total. The normalized spacial score (nSPS) is 15.5. The zero-order chi connectivity index (χ0) is 16.9. The number of nitrogens with zero attached hydrogens (tertiary/aromatic N) is 5. The lowest BCUT2D eigenvalue weighted by atomic mass is 10.0. The molecular weight excluding hydrogens is 377 g/mol. The average Bonchev–Trinajstić information content (AvgIpc) is 3.03. The highest BCUT2D eigenvalue weighted by molar-refractivity contribution is 5.85. The van der Waals surface area contributed by atoms with Crippen LogP contribution < -0.4 is 10.6 Å². The number of halogens is 2. The van der Waals surface area contributed by atoms with E-state index in [0.717, 1.165) is 37.3 Å². The van der Waals surface area contributed by atoms with Crippen molar-refractivity contribution in [1.82, 2.24) is 30.2 Å². The van der Waals surface area contributed by atoms with Crippen molar-refractivity contribution in [3.63, 3.8) is 0 Å². The van der Waals surface area contributed by atoms with Crippen molar-refractivity contribution in [3.8, 4) is 0 Å². The number of likely N-dealkylation sites (N-methyl/N-ethyl adjacent to an activating group) is 1. The Balaban J connectivity index is 0.00000169. The third-order valence-electron chi connectivity index (χ3n) is 4.32. The van der Waals surface area contributed by atoms with Crippen molar-refractivity contribution < 1.29 is 4.79 Å². The second-order valence-electron chi connectivity index (χ2n) is 6.02. The predicted octanol–water partition coefficient (Wildman–Crippen LogP) is 1.42. The van der Waals surface area contributed by atoms with Gasteiger partial charge in [0.25, 0.3) is 0 Å². The number of aromatic nitrogens is 4.